The van der Waals surface area contributed by atoms with Crippen molar-refractivity contribution in [3.8, 4) is 0 Å². The molecule has 0 bridgehead atoms. The minimum absolute atomic E-state index is 0.180. The Morgan fingerprint density at radius 2 is 1.92 bits per heavy atom. The molecule has 2 N–H and O–H groups in total. The summed E-state index contributed by atoms with van der Waals surface area (Å²) in [6.45, 7) is 0.363. The van der Waals surface area contributed by atoms with Gasteiger partial charge in [-0.15, -0.1) is 0 Å². The number of furan rings is 1. The molecule has 3 aromatic rings. The van der Waals surface area contributed by atoms with Crippen LogP contribution in [0.25, 0.3) is 0 Å². The molecule has 0 radical (unpaired) electrons. The third kappa shape index (κ3) is 4.21. The zero-order valence-corrected chi connectivity index (χ0v) is 13.4. The van der Waals surface area contributed by atoms with Gasteiger partial charge in [-0.05, 0) is 36.4 Å². The van der Waals surface area contributed by atoms with Crippen LogP contribution in [0, 0.1) is 0 Å². The highest BCUT2D eigenvalue weighted by Gasteiger charge is 2.33. The fraction of sp³-hybridized carbons (Fsp3) is 0.111. The Morgan fingerprint density at radius 1 is 1.12 bits per heavy atom. The lowest BCUT2D eigenvalue weighted by atomic mass is 10.1. The van der Waals surface area contributed by atoms with E-state index in [1.54, 1.807) is 12.1 Å². The number of pyridine rings is 1. The lowest BCUT2D eigenvalue weighted by molar-refractivity contribution is -0.136. The predicted octanol–water partition coefficient (Wildman–Crippen LogP) is 4.56. The molecule has 134 valence electrons. The Morgan fingerprint density at radius 3 is 2.65 bits per heavy atom. The molecule has 1 aromatic carbocycles. The van der Waals surface area contributed by atoms with E-state index in [2.05, 4.69) is 15.6 Å². The van der Waals surface area contributed by atoms with Gasteiger partial charge in [-0.1, -0.05) is 12.1 Å². The van der Waals surface area contributed by atoms with Crippen molar-refractivity contribution in [1.82, 2.24) is 4.98 Å². The number of rotatable bonds is 5. The van der Waals surface area contributed by atoms with Gasteiger partial charge in [-0.25, -0.2) is 4.98 Å². The van der Waals surface area contributed by atoms with E-state index in [1.165, 1.54) is 42.8 Å². The molecule has 1 amide bonds. The first-order valence-electron chi connectivity index (χ1n) is 7.63. The largest absolute Gasteiger partial charge is 0.467 e. The Kier molecular flexibility index (Phi) is 4.92. The van der Waals surface area contributed by atoms with E-state index >= 15 is 0 Å². The van der Waals surface area contributed by atoms with Crippen LogP contribution in [0.3, 0.4) is 0 Å². The van der Waals surface area contributed by atoms with Gasteiger partial charge in [0.05, 0.1) is 24.1 Å². The Balaban J connectivity index is 1.74. The van der Waals surface area contributed by atoms with Gasteiger partial charge in [0, 0.05) is 11.8 Å². The molecule has 26 heavy (non-hydrogen) atoms. The molecule has 2 aromatic heterocycles. The van der Waals surface area contributed by atoms with Crippen LogP contribution in [0.15, 0.2) is 65.4 Å². The Labute approximate surface area is 146 Å². The highest BCUT2D eigenvalue weighted by Crippen LogP contribution is 2.34. The van der Waals surface area contributed by atoms with Gasteiger partial charge in [-0.2, -0.15) is 13.2 Å². The van der Waals surface area contributed by atoms with E-state index in [1.807, 2.05) is 0 Å². The highest BCUT2D eigenvalue weighted by atomic mass is 19.4. The number of nitrogens with zero attached hydrogens (tertiary/aromatic N) is 1. The zero-order chi connectivity index (χ0) is 18.6. The summed E-state index contributed by atoms with van der Waals surface area (Å²) in [6, 6.07) is 11.2. The first kappa shape index (κ1) is 17.5. The van der Waals surface area contributed by atoms with Gasteiger partial charge in [0.1, 0.15) is 11.6 Å². The zero-order valence-electron chi connectivity index (χ0n) is 13.4. The Bertz CT molecular complexity index is 893. The number of carbonyl (C=O) groups is 1. The lowest BCUT2D eigenvalue weighted by Crippen LogP contribution is -2.17. The van der Waals surface area contributed by atoms with Crippen LogP contribution in [0.4, 0.5) is 24.7 Å². The fourth-order valence-electron chi connectivity index (χ4n) is 2.29. The average Bonchev–Trinajstić information content (AvgIpc) is 3.13. The number of benzene rings is 1. The van der Waals surface area contributed by atoms with Crippen molar-refractivity contribution < 1.29 is 22.4 Å². The molecular weight excluding hydrogens is 347 g/mol. The van der Waals surface area contributed by atoms with E-state index in [0.29, 0.717) is 18.1 Å². The highest BCUT2D eigenvalue weighted by molar-refractivity contribution is 6.05. The molecule has 8 heteroatoms. The predicted molar refractivity (Wildman–Crippen MR) is 89.7 cm³/mol. The van der Waals surface area contributed by atoms with Crippen molar-refractivity contribution in [2.75, 3.05) is 10.6 Å². The second-order valence-electron chi connectivity index (χ2n) is 5.36. The summed E-state index contributed by atoms with van der Waals surface area (Å²) in [4.78, 5) is 16.4. The third-order valence-electron chi connectivity index (χ3n) is 3.53. The van der Waals surface area contributed by atoms with E-state index in [0.717, 1.165) is 6.07 Å². The summed E-state index contributed by atoms with van der Waals surface area (Å²) in [6.07, 6.45) is -1.63. The van der Waals surface area contributed by atoms with Crippen LogP contribution in [0.2, 0.25) is 0 Å². The smallest absolute Gasteiger partial charge is 0.418 e. The van der Waals surface area contributed by atoms with Gasteiger partial charge in [0.15, 0.2) is 0 Å². The average molecular weight is 361 g/mol. The van der Waals surface area contributed by atoms with Crippen molar-refractivity contribution in [2.45, 2.75) is 12.7 Å². The summed E-state index contributed by atoms with van der Waals surface area (Å²) in [7, 11) is 0. The monoisotopic (exact) mass is 361 g/mol. The lowest BCUT2D eigenvalue weighted by Gasteiger charge is -2.13. The standard InChI is InChI=1S/C18H14F3N3O2/c19-18(20,21)14-5-1-2-6-15(14)24-17(25)12-7-8-22-16(10-12)23-11-13-4-3-9-26-13/h1-10H,11H2,(H,22,23)(H,24,25). The number of carbonyl (C=O) groups excluding carboxylic acids is 1. The summed E-state index contributed by atoms with van der Waals surface area (Å²) < 4.78 is 44.2. The molecule has 0 aliphatic rings. The minimum Gasteiger partial charge on any atom is -0.467 e. The topological polar surface area (TPSA) is 67.2 Å². The first-order valence-corrected chi connectivity index (χ1v) is 7.63. The van der Waals surface area contributed by atoms with Crippen LogP contribution < -0.4 is 10.6 Å². The van der Waals surface area contributed by atoms with Gasteiger partial charge in [-0.3, -0.25) is 4.79 Å². The van der Waals surface area contributed by atoms with Gasteiger partial charge in [0.2, 0.25) is 0 Å². The van der Waals surface area contributed by atoms with Crippen LogP contribution in [0.5, 0.6) is 0 Å². The number of alkyl halides is 3. The number of amides is 1. The number of nitrogens with one attached hydrogen (secondary N) is 2. The van der Waals surface area contributed by atoms with Crippen molar-refractivity contribution in [2.24, 2.45) is 0 Å². The number of anilines is 2. The summed E-state index contributed by atoms with van der Waals surface area (Å²) in [5.74, 6) is 0.420. The van der Waals surface area contributed by atoms with E-state index in [-0.39, 0.29) is 11.3 Å². The van der Waals surface area contributed by atoms with Crippen LogP contribution in [-0.4, -0.2) is 10.9 Å². The van der Waals surface area contributed by atoms with Crippen LogP contribution in [0.1, 0.15) is 21.7 Å². The third-order valence-corrected chi connectivity index (χ3v) is 3.53. The van der Waals surface area contributed by atoms with Crippen molar-refractivity contribution in [3.63, 3.8) is 0 Å². The molecule has 2 heterocycles. The molecular formula is C18H14F3N3O2. The number of hydrogen-bond acceptors (Lipinski definition) is 4. The maximum atomic E-state index is 13.0. The van der Waals surface area contributed by atoms with Crippen LogP contribution in [-0.2, 0) is 12.7 Å². The number of halogens is 3. The summed E-state index contributed by atoms with van der Waals surface area (Å²) >= 11 is 0. The second kappa shape index (κ2) is 7.30. The number of hydrogen-bond donors (Lipinski definition) is 2. The fourth-order valence-corrected chi connectivity index (χ4v) is 2.29. The first-order chi connectivity index (χ1) is 12.4. The maximum Gasteiger partial charge on any atom is 0.418 e. The minimum atomic E-state index is -4.56. The van der Waals surface area contributed by atoms with Gasteiger partial charge >= 0.3 is 6.18 Å². The molecule has 0 aliphatic heterocycles. The second-order valence-corrected chi connectivity index (χ2v) is 5.36. The molecule has 0 unspecified atom stereocenters. The van der Waals surface area contributed by atoms with Crippen molar-refractivity contribution in [3.05, 3.63) is 77.9 Å². The number of para-hydroxylation sites is 1. The quantitative estimate of drug-likeness (QED) is 0.699. The van der Waals surface area contributed by atoms with E-state index in [4.69, 9.17) is 4.42 Å². The van der Waals surface area contributed by atoms with E-state index in [9.17, 15) is 18.0 Å². The SMILES string of the molecule is O=C(Nc1ccccc1C(F)(F)F)c1ccnc(NCc2ccco2)c1. The summed E-state index contributed by atoms with van der Waals surface area (Å²) in [5, 5.41) is 5.27. The number of aromatic nitrogens is 1. The normalized spacial score (nSPS) is 11.2. The molecule has 0 fully saturated rings. The maximum absolute atomic E-state index is 13.0. The van der Waals surface area contributed by atoms with Crippen molar-refractivity contribution in [1.29, 1.82) is 0 Å². The van der Waals surface area contributed by atoms with Crippen molar-refractivity contribution >= 4 is 17.4 Å². The van der Waals surface area contributed by atoms with E-state index < -0.39 is 17.6 Å². The molecule has 3 rings (SSSR count). The molecule has 0 saturated carbocycles. The molecule has 0 spiro atoms. The van der Waals surface area contributed by atoms with Gasteiger partial charge < -0.3 is 15.1 Å². The molecule has 0 atom stereocenters. The molecule has 0 aliphatic carbocycles. The van der Waals surface area contributed by atoms with Crippen LogP contribution >= 0.6 is 0 Å². The Hall–Kier alpha value is -3.29. The molecule has 0 saturated heterocycles. The molecule has 5 nitrogen and oxygen atoms in total. The summed E-state index contributed by atoms with van der Waals surface area (Å²) in [5.41, 5.74) is -1.02. The van der Waals surface area contributed by atoms with Gasteiger partial charge in [0.25, 0.3) is 5.91 Å².